The van der Waals surface area contributed by atoms with Crippen molar-refractivity contribution in [3.8, 4) is 11.3 Å². The largest absolute Gasteiger partial charge is 0.416 e. The van der Waals surface area contributed by atoms with Crippen LogP contribution in [0.3, 0.4) is 0 Å². The third-order valence-electron chi connectivity index (χ3n) is 4.91. The molecule has 0 amide bonds. The average Bonchev–Trinajstić information content (AvgIpc) is 2.73. The van der Waals surface area contributed by atoms with Gasteiger partial charge in [-0.25, -0.2) is 13.6 Å². The molecular formula is C22H17F3N4O2S. The Kier molecular flexibility index (Phi) is 5.35. The number of nitrogens with two attached hydrogens (primary N) is 1. The Labute approximate surface area is 182 Å². The Morgan fingerprint density at radius 3 is 2.31 bits per heavy atom. The zero-order valence-electron chi connectivity index (χ0n) is 16.7. The Morgan fingerprint density at radius 2 is 1.62 bits per heavy atom. The van der Waals surface area contributed by atoms with Crippen LogP contribution in [0.25, 0.3) is 22.0 Å². The third kappa shape index (κ3) is 4.27. The van der Waals surface area contributed by atoms with Gasteiger partial charge in [0, 0.05) is 22.0 Å². The van der Waals surface area contributed by atoms with Gasteiger partial charge in [0.2, 0.25) is 10.0 Å². The maximum atomic E-state index is 13.0. The molecule has 0 aliphatic carbocycles. The number of nitrogens with one attached hydrogen (secondary N) is 1. The summed E-state index contributed by atoms with van der Waals surface area (Å²) in [5.74, 6) is 0.266. The molecule has 0 spiro atoms. The summed E-state index contributed by atoms with van der Waals surface area (Å²) in [4.78, 5) is -0.0213. The van der Waals surface area contributed by atoms with E-state index < -0.39 is 21.8 Å². The first-order valence-corrected chi connectivity index (χ1v) is 10.9. The molecule has 0 saturated heterocycles. The summed E-state index contributed by atoms with van der Waals surface area (Å²) in [6.07, 6.45) is -4.47. The number of fused-ring (bicyclic) bond motifs is 1. The van der Waals surface area contributed by atoms with Gasteiger partial charge in [-0.3, -0.25) is 0 Å². The van der Waals surface area contributed by atoms with Gasteiger partial charge in [0.25, 0.3) is 0 Å². The van der Waals surface area contributed by atoms with Crippen LogP contribution in [0.5, 0.6) is 0 Å². The van der Waals surface area contributed by atoms with Crippen molar-refractivity contribution in [2.45, 2.75) is 18.0 Å². The minimum Gasteiger partial charge on any atom is -0.338 e. The van der Waals surface area contributed by atoms with Crippen LogP contribution >= 0.6 is 0 Å². The van der Waals surface area contributed by atoms with Gasteiger partial charge >= 0.3 is 6.18 Å². The second-order valence-corrected chi connectivity index (χ2v) is 8.70. The van der Waals surface area contributed by atoms with Crippen LogP contribution in [0.2, 0.25) is 0 Å². The second-order valence-electron chi connectivity index (χ2n) is 7.17. The van der Waals surface area contributed by atoms with Crippen LogP contribution < -0.4 is 10.5 Å². The molecule has 4 rings (SSSR count). The van der Waals surface area contributed by atoms with Crippen molar-refractivity contribution in [1.82, 2.24) is 10.2 Å². The Morgan fingerprint density at radius 1 is 0.906 bits per heavy atom. The molecule has 0 atom stereocenters. The summed E-state index contributed by atoms with van der Waals surface area (Å²) in [6.45, 7) is 1.63. The van der Waals surface area contributed by atoms with Crippen LogP contribution in [0.4, 0.5) is 24.7 Å². The number of halogens is 3. The molecular weight excluding hydrogens is 441 g/mol. The molecule has 1 heterocycles. The topological polar surface area (TPSA) is 98.0 Å². The van der Waals surface area contributed by atoms with Crippen LogP contribution in [0.1, 0.15) is 11.1 Å². The molecule has 3 aromatic carbocycles. The molecule has 32 heavy (non-hydrogen) atoms. The van der Waals surface area contributed by atoms with Gasteiger partial charge in [-0.05, 0) is 36.8 Å². The number of alkyl halides is 3. The Hall–Kier alpha value is -3.50. The Bertz CT molecular complexity index is 1440. The fraction of sp³-hybridized carbons (Fsp3) is 0.0909. The maximum absolute atomic E-state index is 13.0. The van der Waals surface area contributed by atoms with E-state index in [2.05, 4.69) is 15.5 Å². The highest BCUT2D eigenvalue weighted by Crippen LogP contribution is 2.34. The SMILES string of the molecule is Cc1ccc(-c2nnc(Nc3cccc(C(F)(F)F)c3)c3ccccc23)cc1S(N)(=O)=O. The predicted molar refractivity (Wildman–Crippen MR) is 116 cm³/mol. The minimum atomic E-state index is -4.47. The lowest BCUT2D eigenvalue weighted by molar-refractivity contribution is -0.137. The van der Waals surface area contributed by atoms with Crippen molar-refractivity contribution in [3.05, 3.63) is 77.9 Å². The molecule has 0 fully saturated rings. The van der Waals surface area contributed by atoms with Gasteiger partial charge in [-0.2, -0.15) is 13.2 Å². The lowest BCUT2D eigenvalue weighted by Gasteiger charge is -2.13. The van der Waals surface area contributed by atoms with E-state index in [1.165, 1.54) is 18.2 Å². The van der Waals surface area contributed by atoms with Crippen molar-refractivity contribution >= 4 is 32.3 Å². The summed E-state index contributed by atoms with van der Waals surface area (Å²) in [5.41, 5.74) is 0.829. The number of benzene rings is 3. The predicted octanol–water partition coefficient (Wildman–Crippen LogP) is 5.02. The number of anilines is 2. The van der Waals surface area contributed by atoms with Gasteiger partial charge in [-0.15, -0.1) is 10.2 Å². The van der Waals surface area contributed by atoms with Gasteiger partial charge in [0.15, 0.2) is 5.82 Å². The first-order chi connectivity index (χ1) is 15.0. The van der Waals surface area contributed by atoms with Crippen LogP contribution in [0.15, 0.2) is 71.6 Å². The molecule has 0 saturated carbocycles. The molecule has 0 radical (unpaired) electrons. The summed E-state index contributed by atoms with van der Waals surface area (Å²) in [6, 6.07) is 16.6. The molecule has 0 aliphatic rings. The van der Waals surface area contributed by atoms with E-state index in [1.54, 1.807) is 43.3 Å². The van der Waals surface area contributed by atoms with E-state index >= 15 is 0 Å². The van der Waals surface area contributed by atoms with E-state index in [4.69, 9.17) is 5.14 Å². The third-order valence-corrected chi connectivity index (χ3v) is 5.96. The molecule has 1 aromatic heterocycles. The number of sulfonamides is 1. The number of aromatic nitrogens is 2. The van der Waals surface area contributed by atoms with Gasteiger partial charge < -0.3 is 5.32 Å². The number of nitrogens with zero attached hydrogens (tertiary/aromatic N) is 2. The molecule has 164 valence electrons. The average molecular weight is 458 g/mol. The highest BCUT2D eigenvalue weighted by Gasteiger charge is 2.30. The number of hydrogen-bond donors (Lipinski definition) is 2. The van der Waals surface area contributed by atoms with Gasteiger partial charge in [0.1, 0.15) is 5.69 Å². The quantitative estimate of drug-likeness (QED) is 0.448. The summed E-state index contributed by atoms with van der Waals surface area (Å²) >= 11 is 0. The molecule has 10 heteroatoms. The standard InChI is InChI=1S/C22H17F3N4O2S/c1-13-9-10-14(11-19(13)32(26,30)31)20-17-7-2-3-8-18(17)21(29-28-20)27-16-6-4-5-15(12-16)22(23,24)25/h2-12H,1H3,(H,27,29)(H2,26,30,31). The fourth-order valence-corrected chi connectivity index (χ4v) is 4.18. The first kappa shape index (κ1) is 21.7. The minimum absolute atomic E-state index is 0.0213. The van der Waals surface area contributed by atoms with E-state index in [-0.39, 0.29) is 16.4 Å². The number of primary sulfonamides is 1. The maximum Gasteiger partial charge on any atom is 0.416 e. The summed E-state index contributed by atoms with van der Waals surface area (Å²) in [5, 5.41) is 17.8. The lowest BCUT2D eigenvalue weighted by atomic mass is 10.0. The second kappa shape index (κ2) is 7.88. The van der Waals surface area contributed by atoms with E-state index in [0.717, 1.165) is 12.1 Å². The molecule has 6 nitrogen and oxygen atoms in total. The molecule has 3 N–H and O–H groups in total. The van der Waals surface area contributed by atoms with Crippen molar-refractivity contribution < 1.29 is 21.6 Å². The molecule has 0 unspecified atom stereocenters. The lowest BCUT2D eigenvalue weighted by Crippen LogP contribution is -2.13. The number of aryl methyl sites for hydroxylation is 1. The first-order valence-electron chi connectivity index (χ1n) is 9.37. The van der Waals surface area contributed by atoms with Crippen LogP contribution in [-0.4, -0.2) is 18.6 Å². The zero-order valence-corrected chi connectivity index (χ0v) is 17.5. The smallest absolute Gasteiger partial charge is 0.338 e. The van der Waals surface area contributed by atoms with E-state index in [1.807, 2.05) is 0 Å². The number of hydrogen-bond acceptors (Lipinski definition) is 5. The monoisotopic (exact) mass is 458 g/mol. The number of rotatable bonds is 4. The molecule has 4 aromatic rings. The van der Waals surface area contributed by atoms with E-state index in [9.17, 15) is 21.6 Å². The zero-order chi connectivity index (χ0) is 23.1. The van der Waals surface area contributed by atoms with Gasteiger partial charge in [0.05, 0.1) is 10.5 Å². The highest BCUT2D eigenvalue weighted by atomic mass is 32.2. The normalized spacial score (nSPS) is 12.2. The van der Waals surface area contributed by atoms with E-state index in [0.29, 0.717) is 27.6 Å². The summed E-state index contributed by atoms with van der Waals surface area (Å²) < 4.78 is 62.9. The highest BCUT2D eigenvalue weighted by molar-refractivity contribution is 7.89. The van der Waals surface area contributed by atoms with Crippen LogP contribution in [0, 0.1) is 6.92 Å². The van der Waals surface area contributed by atoms with Gasteiger partial charge in [-0.1, -0.05) is 42.5 Å². The van der Waals surface area contributed by atoms with Crippen molar-refractivity contribution in [1.29, 1.82) is 0 Å². The Balaban J connectivity index is 1.82. The fourth-order valence-electron chi connectivity index (χ4n) is 3.37. The van der Waals surface area contributed by atoms with Crippen molar-refractivity contribution in [2.24, 2.45) is 5.14 Å². The summed E-state index contributed by atoms with van der Waals surface area (Å²) in [7, 11) is -3.93. The van der Waals surface area contributed by atoms with Crippen molar-refractivity contribution in [2.75, 3.05) is 5.32 Å². The molecule has 0 aliphatic heterocycles. The van der Waals surface area contributed by atoms with Crippen molar-refractivity contribution in [3.63, 3.8) is 0 Å². The van der Waals surface area contributed by atoms with Crippen LogP contribution in [-0.2, 0) is 16.2 Å². The molecule has 0 bridgehead atoms.